The molecule has 0 aliphatic heterocycles. The van der Waals surface area contributed by atoms with Gasteiger partial charge in [-0.2, -0.15) is 9.61 Å². The number of ether oxygens (including phenoxy) is 1. The molecule has 144 valence electrons. The first-order valence-corrected chi connectivity index (χ1v) is 9.20. The quantitative estimate of drug-likeness (QED) is 0.518. The summed E-state index contributed by atoms with van der Waals surface area (Å²) in [5.74, 6) is 2.49. The minimum Gasteiger partial charge on any atom is -0.468 e. The lowest BCUT2D eigenvalue weighted by molar-refractivity contribution is 0.231. The Morgan fingerprint density at radius 2 is 2.11 bits per heavy atom. The van der Waals surface area contributed by atoms with Crippen LogP contribution in [0.3, 0.4) is 0 Å². The van der Waals surface area contributed by atoms with E-state index in [0.717, 1.165) is 24.2 Å². The largest absolute Gasteiger partial charge is 0.468 e. The van der Waals surface area contributed by atoms with Crippen LogP contribution < -0.4 is 4.74 Å². The van der Waals surface area contributed by atoms with Crippen molar-refractivity contribution in [2.75, 3.05) is 0 Å². The van der Waals surface area contributed by atoms with Crippen LogP contribution in [0.15, 0.2) is 23.0 Å². The lowest BCUT2D eigenvalue weighted by Crippen LogP contribution is -2.31. The second-order valence-electron chi connectivity index (χ2n) is 7.48. The summed E-state index contributed by atoms with van der Waals surface area (Å²) in [6.07, 6.45) is 4.89. The average Bonchev–Trinajstić information content (AvgIpc) is 3.36. The van der Waals surface area contributed by atoms with Crippen molar-refractivity contribution in [1.82, 2.24) is 39.7 Å². The van der Waals surface area contributed by atoms with Crippen molar-refractivity contribution in [3.8, 4) is 17.4 Å². The fraction of sp³-hybridized carbons (Fsp3) is 0.444. The molecule has 10 nitrogen and oxygen atoms in total. The van der Waals surface area contributed by atoms with Gasteiger partial charge in [-0.05, 0) is 31.2 Å². The predicted molar refractivity (Wildman–Crippen MR) is 97.6 cm³/mol. The van der Waals surface area contributed by atoms with Gasteiger partial charge in [-0.3, -0.25) is 4.68 Å². The Labute approximate surface area is 160 Å². The number of rotatable bonds is 5. The summed E-state index contributed by atoms with van der Waals surface area (Å²) in [5.41, 5.74) is 2.31. The Hall–Kier alpha value is -3.30. The van der Waals surface area contributed by atoms with Crippen LogP contribution in [0.1, 0.15) is 43.3 Å². The second kappa shape index (κ2) is 6.11. The summed E-state index contributed by atoms with van der Waals surface area (Å²) in [6.45, 7) is 4.34. The zero-order chi connectivity index (χ0) is 19.3. The van der Waals surface area contributed by atoms with Gasteiger partial charge in [-0.15, -0.1) is 15.3 Å². The molecule has 5 rings (SSSR count). The monoisotopic (exact) mass is 380 g/mol. The van der Waals surface area contributed by atoms with Gasteiger partial charge in [0, 0.05) is 18.7 Å². The first-order valence-electron chi connectivity index (χ1n) is 9.20. The molecule has 0 radical (unpaired) electrons. The molecule has 0 amide bonds. The lowest BCUT2D eigenvalue weighted by atomic mass is 9.66. The van der Waals surface area contributed by atoms with Crippen LogP contribution >= 0.6 is 0 Å². The normalized spacial score (nSPS) is 15.7. The molecule has 1 fully saturated rings. The van der Waals surface area contributed by atoms with Crippen LogP contribution in [0.4, 0.5) is 0 Å². The van der Waals surface area contributed by atoms with Crippen LogP contribution in [-0.4, -0.2) is 39.7 Å². The molecule has 1 aliphatic carbocycles. The Balaban J connectivity index is 1.60. The summed E-state index contributed by atoms with van der Waals surface area (Å²) in [4.78, 5) is 4.22. The fourth-order valence-corrected chi connectivity index (χ4v) is 3.55. The number of hydrogen-bond acceptors (Lipinski definition) is 8. The van der Waals surface area contributed by atoms with Gasteiger partial charge in [0.25, 0.3) is 0 Å². The number of nitrogens with zero attached hydrogens (tertiary/aromatic N) is 8. The van der Waals surface area contributed by atoms with Gasteiger partial charge in [0.15, 0.2) is 17.2 Å². The summed E-state index contributed by atoms with van der Waals surface area (Å²) >= 11 is 0. The minimum atomic E-state index is 0.0283. The van der Waals surface area contributed by atoms with E-state index in [1.165, 1.54) is 12.7 Å². The molecule has 0 N–H and O–H groups in total. The van der Waals surface area contributed by atoms with E-state index in [2.05, 4.69) is 32.4 Å². The van der Waals surface area contributed by atoms with Crippen molar-refractivity contribution >= 4 is 5.65 Å². The maximum Gasteiger partial charge on any atom is 0.236 e. The van der Waals surface area contributed by atoms with Gasteiger partial charge >= 0.3 is 0 Å². The summed E-state index contributed by atoms with van der Waals surface area (Å²) < 4.78 is 14.6. The molecule has 28 heavy (non-hydrogen) atoms. The molecule has 0 spiro atoms. The first kappa shape index (κ1) is 16.8. The molecule has 0 bridgehead atoms. The first-order chi connectivity index (χ1) is 13.5. The molecule has 0 saturated heterocycles. The van der Waals surface area contributed by atoms with E-state index in [1.807, 2.05) is 20.0 Å². The molecule has 4 aromatic heterocycles. The standard InChI is InChI=1S/C18H20N8O2/c1-11-7-13(24-28-11)16-22-21-14-8-12(18(2)5-4-6-18)17(23-26(14)16)27-9-15-19-10-20-25(15)3/h7-8,10H,4-6,9H2,1-3H3. The Morgan fingerprint density at radius 1 is 1.25 bits per heavy atom. The highest BCUT2D eigenvalue weighted by atomic mass is 16.5. The van der Waals surface area contributed by atoms with E-state index >= 15 is 0 Å². The van der Waals surface area contributed by atoms with Gasteiger partial charge in [0.05, 0.1) is 0 Å². The Bertz CT molecular complexity index is 1150. The second-order valence-corrected chi connectivity index (χ2v) is 7.48. The van der Waals surface area contributed by atoms with Crippen LogP contribution in [0.2, 0.25) is 0 Å². The molecule has 10 heteroatoms. The van der Waals surface area contributed by atoms with E-state index in [-0.39, 0.29) is 12.0 Å². The summed E-state index contributed by atoms with van der Waals surface area (Å²) in [6, 6.07) is 3.82. The predicted octanol–water partition coefficient (Wildman–Crippen LogP) is 2.24. The van der Waals surface area contributed by atoms with E-state index in [9.17, 15) is 0 Å². The third-order valence-electron chi connectivity index (χ3n) is 5.47. The lowest BCUT2D eigenvalue weighted by Gasteiger charge is -2.39. The van der Waals surface area contributed by atoms with E-state index in [0.29, 0.717) is 28.8 Å². The van der Waals surface area contributed by atoms with Crippen LogP contribution in [0.25, 0.3) is 17.2 Å². The van der Waals surface area contributed by atoms with Gasteiger partial charge in [-0.25, -0.2) is 4.98 Å². The van der Waals surface area contributed by atoms with Crippen molar-refractivity contribution in [2.45, 2.75) is 45.1 Å². The summed E-state index contributed by atoms with van der Waals surface area (Å²) in [7, 11) is 1.83. The van der Waals surface area contributed by atoms with Gasteiger partial charge in [0.1, 0.15) is 18.7 Å². The van der Waals surface area contributed by atoms with E-state index < -0.39 is 0 Å². The van der Waals surface area contributed by atoms with Crippen LogP contribution in [0.5, 0.6) is 5.88 Å². The number of hydrogen-bond donors (Lipinski definition) is 0. The van der Waals surface area contributed by atoms with Gasteiger partial charge < -0.3 is 9.26 Å². The number of aromatic nitrogens is 8. The Kier molecular flexibility index (Phi) is 3.68. The zero-order valence-electron chi connectivity index (χ0n) is 16.0. The molecular formula is C18H20N8O2. The van der Waals surface area contributed by atoms with Crippen molar-refractivity contribution in [2.24, 2.45) is 7.05 Å². The van der Waals surface area contributed by atoms with Crippen molar-refractivity contribution in [1.29, 1.82) is 0 Å². The molecule has 0 unspecified atom stereocenters. The molecule has 1 aliphatic rings. The van der Waals surface area contributed by atoms with Gasteiger partial charge in [0.2, 0.25) is 11.7 Å². The van der Waals surface area contributed by atoms with Crippen molar-refractivity contribution in [3.05, 3.63) is 35.6 Å². The Morgan fingerprint density at radius 3 is 2.75 bits per heavy atom. The number of aryl methyl sites for hydroxylation is 2. The van der Waals surface area contributed by atoms with Crippen molar-refractivity contribution < 1.29 is 9.26 Å². The van der Waals surface area contributed by atoms with Gasteiger partial charge in [-0.1, -0.05) is 18.5 Å². The van der Waals surface area contributed by atoms with E-state index in [1.54, 1.807) is 15.3 Å². The van der Waals surface area contributed by atoms with E-state index in [4.69, 9.17) is 14.4 Å². The average molecular weight is 380 g/mol. The van der Waals surface area contributed by atoms with Crippen LogP contribution in [0, 0.1) is 6.92 Å². The minimum absolute atomic E-state index is 0.0283. The molecular weight excluding hydrogens is 360 g/mol. The highest BCUT2D eigenvalue weighted by Crippen LogP contribution is 2.46. The molecule has 4 aromatic rings. The highest BCUT2D eigenvalue weighted by Gasteiger charge is 2.37. The SMILES string of the molecule is Cc1cc(-c2nnc3cc(C4(C)CCC4)c(OCc4ncnn4C)nn23)no1. The molecule has 0 atom stereocenters. The number of fused-ring (bicyclic) bond motifs is 1. The smallest absolute Gasteiger partial charge is 0.236 e. The van der Waals surface area contributed by atoms with Crippen molar-refractivity contribution in [3.63, 3.8) is 0 Å². The molecule has 0 aromatic carbocycles. The zero-order valence-corrected chi connectivity index (χ0v) is 16.0. The highest BCUT2D eigenvalue weighted by molar-refractivity contribution is 5.56. The third-order valence-corrected chi connectivity index (χ3v) is 5.47. The van der Waals surface area contributed by atoms with Crippen LogP contribution in [-0.2, 0) is 19.1 Å². The maximum atomic E-state index is 6.10. The maximum absolute atomic E-state index is 6.10. The topological polar surface area (TPSA) is 109 Å². The third kappa shape index (κ3) is 2.63. The molecule has 1 saturated carbocycles. The molecule has 4 heterocycles. The summed E-state index contributed by atoms with van der Waals surface area (Å²) in [5, 5.41) is 21.4. The fourth-order valence-electron chi connectivity index (χ4n) is 3.55.